The van der Waals surface area contributed by atoms with Gasteiger partial charge in [-0.05, 0) is 26.7 Å². The van der Waals surface area contributed by atoms with E-state index in [-0.39, 0.29) is 5.54 Å². The number of nitrogens with zero attached hydrogens (tertiary/aromatic N) is 3. The highest BCUT2D eigenvalue weighted by Crippen LogP contribution is 2.34. The summed E-state index contributed by atoms with van der Waals surface area (Å²) < 4.78 is 0. The largest absolute Gasteiger partial charge is 0.373 e. The van der Waals surface area contributed by atoms with Crippen LogP contribution in [0.1, 0.15) is 26.7 Å². The van der Waals surface area contributed by atoms with Gasteiger partial charge in [-0.2, -0.15) is 0 Å². The molecule has 1 aliphatic rings. The fourth-order valence-electron chi connectivity index (χ4n) is 2.95. The molecule has 0 unspecified atom stereocenters. The predicted molar refractivity (Wildman–Crippen MR) is 87.7 cm³/mol. The van der Waals surface area contributed by atoms with Crippen LogP contribution in [0.2, 0.25) is 0 Å². The van der Waals surface area contributed by atoms with Crippen molar-refractivity contribution in [1.29, 1.82) is 0 Å². The minimum Gasteiger partial charge on any atom is -0.373 e. The Morgan fingerprint density at radius 2 is 1.90 bits per heavy atom. The Bertz CT molecular complexity index is 622. The molecule has 21 heavy (non-hydrogen) atoms. The fourth-order valence-corrected chi connectivity index (χ4v) is 2.95. The Morgan fingerprint density at radius 3 is 2.52 bits per heavy atom. The maximum Gasteiger partial charge on any atom is 0.163 e. The molecule has 0 saturated carbocycles. The number of hydrogen-bond donors (Lipinski definition) is 1. The molecular formula is C17H22N4. The first kappa shape index (κ1) is 13.9. The van der Waals surface area contributed by atoms with E-state index in [2.05, 4.69) is 29.0 Å². The summed E-state index contributed by atoms with van der Waals surface area (Å²) in [5, 5.41) is 3.15. The summed E-state index contributed by atoms with van der Waals surface area (Å²) in [7, 11) is 1.90. The van der Waals surface area contributed by atoms with Crippen molar-refractivity contribution in [1.82, 2.24) is 9.97 Å². The smallest absolute Gasteiger partial charge is 0.163 e. The number of hydrogen-bond acceptors (Lipinski definition) is 4. The summed E-state index contributed by atoms with van der Waals surface area (Å²) in [6.45, 7) is 5.62. The molecule has 0 radical (unpaired) electrons. The van der Waals surface area contributed by atoms with Gasteiger partial charge < -0.3 is 10.2 Å². The van der Waals surface area contributed by atoms with Gasteiger partial charge in [-0.15, -0.1) is 0 Å². The lowest BCUT2D eigenvalue weighted by Gasteiger charge is -2.33. The van der Waals surface area contributed by atoms with Crippen molar-refractivity contribution < 1.29 is 0 Å². The van der Waals surface area contributed by atoms with Gasteiger partial charge in [0.05, 0.1) is 0 Å². The first-order valence-corrected chi connectivity index (χ1v) is 7.50. The molecule has 1 aromatic heterocycles. The zero-order valence-electron chi connectivity index (χ0n) is 12.9. The molecule has 1 aromatic carbocycles. The highest BCUT2D eigenvalue weighted by Gasteiger charge is 2.33. The molecule has 1 N–H and O–H groups in total. The van der Waals surface area contributed by atoms with Crippen LogP contribution >= 0.6 is 0 Å². The van der Waals surface area contributed by atoms with E-state index in [0.29, 0.717) is 0 Å². The second-order valence-corrected chi connectivity index (χ2v) is 6.12. The average molecular weight is 282 g/mol. The van der Waals surface area contributed by atoms with E-state index in [1.165, 1.54) is 12.8 Å². The average Bonchev–Trinajstić information content (AvgIpc) is 2.87. The lowest BCUT2D eigenvalue weighted by molar-refractivity contribution is 0.514. The summed E-state index contributed by atoms with van der Waals surface area (Å²) in [5.41, 5.74) is 1.21. The van der Waals surface area contributed by atoms with Crippen LogP contribution in [0.25, 0.3) is 11.4 Å². The molecule has 110 valence electrons. The number of benzene rings is 1. The normalized spacial score (nSPS) is 17.0. The molecule has 3 rings (SSSR count). The first-order chi connectivity index (χ1) is 10.1. The maximum atomic E-state index is 4.80. The van der Waals surface area contributed by atoms with Crippen molar-refractivity contribution in [2.24, 2.45) is 0 Å². The standard InChI is InChI=1S/C17H22N4/c1-17(2)10-7-11-21(17)15-12-14(18-3)19-16(20-15)13-8-5-4-6-9-13/h4-6,8-9,12H,7,10-11H2,1-3H3,(H,18,19,20). The Balaban J connectivity index is 2.06. The lowest BCUT2D eigenvalue weighted by atomic mass is 10.0. The molecular weight excluding hydrogens is 260 g/mol. The van der Waals surface area contributed by atoms with Crippen LogP contribution in [0.15, 0.2) is 36.4 Å². The van der Waals surface area contributed by atoms with Crippen molar-refractivity contribution in [3.05, 3.63) is 36.4 Å². The van der Waals surface area contributed by atoms with E-state index in [0.717, 1.165) is 29.6 Å². The van der Waals surface area contributed by atoms with Crippen LogP contribution in [-0.2, 0) is 0 Å². The Labute approximate surface area is 126 Å². The third-order valence-corrected chi connectivity index (χ3v) is 4.18. The monoisotopic (exact) mass is 282 g/mol. The van der Waals surface area contributed by atoms with Gasteiger partial charge in [0.15, 0.2) is 5.82 Å². The van der Waals surface area contributed by atoms with Gasteiger partial charge in [0.1, 0.15) is 11.6 Å². The van der Waals surface area contributed by atoms with Crippen LogP contribution in [-0.4, -0.2) is 29.1 Å². The summed E-state index contributed by atoms with van der Waals surface area (Å²) in [4.78, 5) is 11.8. The Kier molecular flexibility index (Phi) is 3.53. The van der Waals surface area contributed by atoms with Gasteiger partial charge in [0.25, 0.3) is 0 Å². The molecule has 4 heteroatoms. The van der Waals surface area contributed by atoms with Gasteiger partial charge in [-0.25, -0.2) is 9.97 Å². The molecule has 4 nitrogen and oxygen atoms in total. The summed E-state index contributed by atoms with van der Waals surface area (Å²) in [5.74, 6) is 2.65. The Hall–Kier alpha value is -2.10. The molecule has 1 saturated heterocycles. The van der Waals surface area contributed by atoms with Crippen molar-refractivity contribution in [3.63, 3.8) is 0 Å². The Morgan fingerprint density at radius 1 is 1.14 bits per heavy atom. The van der Waals surface area contributed by atoms with E-state index in [4.69, 9.17) is 4.98 Å². The molecule has 2 aromatic rings. The van der Waals surface area contributed by atoms with Crippen LogP contribution in [0.5, 0.6) is 0 Å². The zero-order chi connectivity index (χ0) is 14.9. The van der Waals surface area contributed by atoms with Gasteiger partial charge in [-0.1, -0.05) is 30.3 Å². The molecule has 0 bridgehead atoms. The second-order valence-electron chi connectivity index (χ2n) is 6.12. The molecule has 0 spiro atoms. The van der Waals surface area contributed by atoms with Gasteiger partial charge >= 0.3 is 0 Å². The van der Waals surface area contributed by atoms with Crippen LogP contribution in [0.4, 0.5) is 11.6 Å². The molecule has 0 amide bonds. The number of aromatic nitrogens is 2. The maximum absolute atomic E-state index is 4.80. The lowest BCUT2D eigenvalue weighted by Crippen LogP contribution is -2.38. The summed E-state index contributed by atoms with van der Waals surface area (Å²) in [6, 6.07) is 12.2. The van der Waals surface area contributed by atoms with E-state index < -0.39 is 0 Å². The van der Waals surface area contributed by atoms with Crippen LogP contribution in [0, 0.1) is 0 Å². The van der Waals surface area contributed by atoms with Crippen LogP contribution in [0.3, 0.4) is 0 Å². The highest BCUT2D eigenvalue weighted by molar-refractivity contribution is 5.62. The minimum atomic E-state index is 0.160. The highest BCUT2D eigenvalue weighted by atomic mass is 15.3. The van der Waals surface area contributed by atoms with Crippen molar-refractivity contribution in [2.75, 3.05) is 23.8 Å². The zero-order valence-corrected chi connectivity index (χ0v) is 12.9. The quantitative estimate of drug-likeness (QED) is 0.934. The number of anilines is 2. The van der Waals surface area contributed by atoms with Crippen molar-refractivity contribution in [2.45, 2.75) is 32.2 Å². The van der Waals surface area contributed by atoms with Gasteiger partial charge in [-0.3, -0.25) is 0 Å². The van der Waals surface area contributed by atoms with E-state index in [1.807, 2.05) is 43.4 Å². The van der Waals surface area contributed by atoms with Gasteiger partial charge in [0.2, 0.25) is 0 Å². The summed E-state index contributed by atoms with van der Waals surface area (Å²) in [6.07, 6.45) is 2.42. The molecule has 1 aliphatic heterocycles. The van der Waals surface area contributed by atoms with E-state index in [9.17, 15) is 0 Å². The third kappa shape index (κ3) is 2.71. The molecule has 2 heterocycles. The SMILES string of the molecule is CNc1cc(N2CCCC2(C)C)nc(-c2ccccc2)n1. The van der Waals surface area contributed by atoms with E-state index >= 15 is 0 Å². The predicted octanol–water partition coefficient (Wildman–Crippen LogP) is 3.56. The van der Waals surface area contributed by atoms with Crippen molar-refractivity contribution >= 4 is 11.6 Å². The minimum absolute atomic E-state index is 0.160. The number of nitrogens with one attached hydrogen (secondary N) is 1. The molecule has 0 atom stereocenters. The van der Waals surface area contributed by atoms with E-state index in [1.54, 1.807) is 0 Å². The van der Waals surface area contributed by atoms with Crippen molar-refractivity contribution in [3.8, 4) is 11.4 Å². The fraction of sp³-hybridized carbons (Fsp3) is 0.412. The topological polar surface area (TPSA) is 41.0 Å². The molecule has 1 fully saturated rings. The second kappa shape index (κ2) is 5.35. The summed E-state index contributed by atoms with van der Waals surface area (Å²) >= 11 is 0. The van der Waals surface area contributed by atoms with Gasteiger partial charge in [0, 0.05) is 30.8 Å². The number of rotatable bonds is 3. The first-order valence-electron chi connectivity index (χ1n) is 7.50. The van der Waals surface area contributed by atoms with Crippen LogP contribution < -0.4 is 10.2 Å². The third-order valence-electron chi connectivity index (χ3n) is 4.18. The molecule has 0 aliphatic carbocycles.